The van der Waals surface area contributed by atoms with Crippen LogP contribution in [0.5, 0.6) is 6.01 Å². The number of alkyl carbamates (subject to hydrolysis) is 1. The first kappa shape index (κ1) is 45.3. The minimum atomic E-state index is -4.18. The molecule has 5 atom stereocenters. The fraction of sp³-hybridized carbons (Fsp3) is 0.628. The summed E-state index contributed by atoms with van der Waals surface area (Å²) < 4.78 is 42.9. The van der Waals surface area contributed by atoms with Gasteiger partial charge in [-0.2, -0.15) is 17.7 Å². The Labute approximate surface area is 368 Å². The van der Waals surface area contributed by atoms with E-state index in [0.29, 0.717) is 30.8 Å². The molecule has 19 heteroatoms. The number of allylic oxidation sites excluding steroid dienone is 1. The first-order valence-electron chi connectivity index (χ1n) is 21.8. The quantitative estimate of drug-likeness (QED) is 0.236. The van der Waals surface area contributed by atoms with Crippen molar-refractivity contribution in [2.75, 3.05) is 38.6 Å². The maximum Gasteiger partial charge on any atom is 0.408 e. The van der Waals surface area contributed by atoms with Gasteiger partial charge in [-0.25, -0.2) is 14.5 Å². The van der Waals surface area contributed by atoms with Gasteiger partial charge in [0.25, 0.3) is 11.9 Å². The van der Waals surface area contributed by atoms with Gasteiger partial charge in [0.2, 0.25) is 11.8 Å². The van der Waals surface area contributed by atoms with Crippen LogP contribution in [0.2, 0.25) is 0 Å². The molecule has 338 valence electrons. The monoisotopic (exact) mass is 895 g/mol. The first-order chi connectivity index (χ1) is 29.4. The molecule has 0 radical (unpaired) electrons. The fourth-order valence-corrected chi connectivity index (χ4v) is 10.0. The summed E-state index contributed by atoms with van der Waals surface area (Å²) in [6.07, 6.45) is 9.15. The molecule has 3 fully saturated rings. The van der Waals surface area contributed by atoms with Crippen LogP contribution in [0.25, 0.3) is 22.3 Å². The van der Waals surface area contributed by atoms with Crippen molar-refractivity contribution in [1.29, 1.82) is 0 Å². The number of hydrogen-bond acceptors (Lipinski definition) is 12. The highest BCUT2D eigenvalue weighted by atomic mass is 32.2. The number of aromatic nitrogens is 3. The molecule has 7 rings (SSSR count). The van der Waals surface area contributed by atoms with Gasteiger partial charge in [0.05, 0.1) is 17.8 Å². The Hall–Kier alpha value is -4.75. The van der Waals surface area contributed by atoms with Crippen LogP contribution in [0.4, 0.5) is 9.93 Å². The third-order valence-electron chi connectivity index (χ3n) is 11.9. The van der Waals surface area contributed by atoms with Crippen molar-refractivity contribution in [2.24, 2.45) is 5.92 Å². The average Bonchev–Trinajstić information content (AvgIpc) is 3.56. The van der Waals surface area contributed by atoms with Gasteiger partial charge < -0.3 is 29.9 Å². The Morgan fingerprint density at radius 2 is 1.79 bits per heavy atom. The number of benzene rings is 1. The van der Waals surface area contributed by atoms with Crippen molar-refractivity contribution in [3.8, 4) is 17.3 Å². The minimum Gasteiger partial charge on any atom is -0.459 e. The van der Waals surface area contributed by atoms with E-state index in [1.807, 2.05) is 48.8 Å². The topological polar surface area (TPSA) is 197 Å². The van der Waals surface area contributed by atoms with E-state index in [2.05, 4.69) is 25.6 Å². The van der Waals surface area contributed by atoms with E-state index in [9.17, 15) is 27.6 Å². The van der Waals surface area contributed by atoms with Gasteiger partial charge in [-0.15, -0.1) is 11.3 Å². The summed E-state index contributed by atoms with van der Waals surface area (Å²) in [6.45, 7) is 11.2. The average molecular weight is 896 g/mol. The summed E-state index contributed by atoms with van der Waals surface area (Å²) in [6, 6.07) is 4.03. The molecule has 1 saturated carbocycles. The number of carbonyl (C=O) groups is 4. The summed E-state index contributed by atoms with van der Waals surface area (Å²) in [7, 11) is -1.58. The maximum absolute atomic E-state index is 14.7. The van der Waals surface area contributed by atoms with Crippen LogP contribution >= 0.6 is 11.3 Å². The molecule has 5 unspecified atom stereocenters. The fourth-order valence-electron chi connectivity index (χ4n) is 8.57. The lowest BCUT2D eigenvalue weighted by molar-refractivity contribution is -0.141. The number of nitrogens with zero attached hydrogens (tertiary/aromatic N) is 6. The number of imidazole rings is 1. The lowest BCUT2D eigenvalue weighted by Gasteiger charge is -2.30. The maximum atomic E-state index is 14.7. The van der Waals surface area contributed by atoms with Gasteiger partial charge >= 0.3 is 16.3 Å². The van der Waals surface area contributed by atoms with Crippen molar-refractivity contribution in [1.82, 2.24) is 39.1 Å². The SMILES string of the molecule is CC(C)n1c(OC2CC3C(=O)NC4(C(=O)NS(=O)(=O)N(C)C)CC4C=CCCCCCC(NC(=O)OC(C)(C)C)C(=O)N3C2)nc2c(-c3csc(N4CCCCC4)n3)cccc21. The highest BCUT2D eigenvalue weighted by molar-refractivity contribution is 7.87. The largest absolute Gasteiger partial charge is 0.459 e. The van der Waals surface area contributed by atoms with Gasteiger partial charge in [0.1, 0.15) is 34.8 Å². The van der Waals surface area contributed by atoms with Crippen LogP contribution < -0.4 is 25.0 Å². The second-order valence-corrected chi connectivity index (χ2v) is 21.1. The van der Waals surface area contributed by atoms with Crippen molar-refractivity contribution in [3.63, 3.8) is 0 Å². The molecular weight excluding hydrogens is 835 g/mol. The van der Waals surface area contributed by atoms with E-state index in [1.54, 1.807) is 32.1 Å². The third kappa shape index (κ3) is 9.89. The van der Waals surface area contributed by atoms with Crippen LogP contribution in [-0.4, -0.2) is 119 Å². The summed E-state index contributed by atoms with van der Waals surface area (Å²) in [4.78, 5) is 70.1. The standard InChI is InChI=1S/C43H61N9O8S2/c1-27(2)52-33-20-16-18-30(32-26-61-40(44-32)50-21-14-11-15-22-50)35(33)46-39(52)59-29-23-34-36(53)47-43(38(55)48-62(57,58)49(6)7)24-28(43)17-12-9-8-10-13-19-31(37(54)51(34)25-29)45-41(56)60-42(3,4)5/h12,16-18,20,26-29,31,34H,8-11,13-15,19,21-25H2,1-7H3,(H,45,56)(H,47,53)(H,48,55). The zero-order chi connectivity index (χ0) is 44.6. The number of piperidine rings is 1. The van der Waals surface area contributed by atoms with Crippen molar-refractivity contribution in [3.05, 3.63) is 35.7 Å². The van der Waals surface area contributed by atoms with Gasteiger partial charge in [0.15, 0.2) is 5.13 Å². The lowest BCUT2D eigenvalue weighted by atomic mass is 10.0. The van der Waals surface area contributed by atoms with E-state index >= 15 is 0 Å². The number of nitrogens with one attached hydrogen (secondary N) is 3. The number of hydrogen-bond donors (Lipinski definition) is 3. The van der Waals surface area contributed by atoms with Crippen molar-refractivity contribution in [2.45, 2.75) is 134 Å². The molecule has 0 spiro atoms. The van der Waals surface area contributed by atoms with E-state index in [1.165, 1.54) is 25.4 Å². The predicted octanol–water partition coefficient (Wildman–Crippen LogP) is 5.29. The Bertz CT molecular complexity index is 2300. The molecular formula is C43H61N9O8S2. The summed E-state index contributed by atoms with van der Waals surface area (Å²) >= 11 is 1.62. The van der Waals surface area contributed by atoms with E-state index in [-0.39, 0.29) is 25.4 Å². The normalized spacial score (nSPS) is 25.2. The molecule has 4 amide bonds. The third-order valence-corrected chi connectivity index (χ3v) is 14.2. The van der Waals surface area contributed by atoms with E-state index in [4.69, 9.17) is 19.4 Å². The Balaban J connectivity index is 1.22. The number of amides is 4. The Kier molecular flexibility index (Phi) is 13.3. The number of carbonyl (C=O) groups excluding carboxylic acids is 4. The van der Waals surface area contributed by atoms with Gasteiger partial charge in [-0.05, 0) is 85.6 Å². The lowest BCUT2D eigenvalue weighted by Crippen LogP contribution is -2.58. The molecule has 1 aliphatic carbocycles. The van der Waals surface area contributed by atoms with Crippen LogP contribution in [0.1, 0.15) is 105 Å². The number of para-hydroxylation sites is 1. The molecule has 4 aliphatic rings. The van der Waals surface area contributed by atoms with Gasteiger partial charge in [-0.1, -0.05) is 37.1 Å². The highest BCUT2D eigenvalue weighted by Gasteiger charge is 2.62. The Morgan fingerprint density at radius 3 is 2.50 bits per heavy atom. The summed E-state index contributed by atoms with van der Waals surface area (Å²) in [5.41, 5.74) is 0.859. The van der Waals surface area contributed by atoms with Crippen LogP contribution in [-0.2, 0) is 29.3 Å². The zero-order valence-corrected chi connectivity index (χ0v) is 38.4. The predicted molar refractivity (Wildman–Crippen MR) is 237 cm³/mol. The summed E-state index contributed by atoms with van der Waals surface area (Å²) in [5.74, 6) is -2.47. The number of rotatable bonds is 9. The molecule has 3 aliphatic heterocycles. The highest BCUT2D eigenvalue weighted by Crippen LogP contribution is 2.46. The van der Waals surface area contributed by atoms with Crippen molar-refractivity contribution < 1.29 is 37.1 Å². The van der Waals surface area contributed by atoms with E-state index in [0.717, 1.165) is 65.0 Å². The number of anilines is 1. The molecule has 5 heterocycles. The van der Waals surface area contributed by atoms with Crippen LogP contribution in [0.15, 0.2) is 35.7 Å². The second kappa shape index (κ2) is 18.2. The van der Waals surface area contributed by atoms with Gasteiger partial charge in [0, 0.05) is 56.5 Å². The molecule has 3 N–H and O–H groups in total. The first-order valence-corrected chi connectivity index (χ1v) is 24.1. The summed E-state index contributed by atoms with van der Waals surface area (Å²) in [5, 5.41) is 8.71. The molecule has 1 aromatic carbocycles. The number of ether oxygens (including phenoxy) is 2. The van der Waals surface area contributed by atoms with Gasteiger partial charge in [-0.3, -0.25) is 19.0 Å². The number of fused-ring (bicyclic) bond motifs is 3. The second-order valence-electron chi connectivity index (χ2n) is 18.3. The Morgan fingerprint density at radius 1 is 1.05 bits per heavy atom. The zero-order valence-electron chi connectivity index (χ0n) is 36.8. The van der Waals surface area contributed by atoms with Crippen LogP contribution in [0.3, 0.4) is 0 Å². The minimum absolute atomic E-state index is 0.0274. The molecule has 2 saturated heterocycles. The smallest absolute Gasteiger partial charge is 0.408 e. The van der Waals surface area contributed by atoms with Crippen LogP contribution in [0, 0.1) is 5.92 Å². The number of thiazole rings is 1. The molecule has 62 heavy (non-hydrogen) atoms. The molecule has 17 nitrogen and oxygen atoms in total. The molecule has 3 aromatic rings. The van der Waals surface area contributed by atoms with E-state index < -0.39 is 69.3 Å². The molecule has 0 bridgehead atoms. The molecule has 2 aromatic heterocycles. The van der Waals surface area contributed by atoms with Crippen molar-refractivity contribution >= 4 is 61.5 Å².